The van der Waals surface area contributed by atoms with Gasteiger partial charge >= 0.3 is 79.4 Å². The summed E-state index contributed by atoms with van der Waals surface area (Å²) in [5.41, 5.74) is 0. The number of rotatable bonds is 4. The van der Waals surface area contributed by atoms with Crippen molar-refractivity contribution in [3.63, 3.8) is 0 Å². The number of halogens is 2. The van der Waals surface area contributed by atoms with Gasteiger partial charge in [-0.3, -0.25) is 0 Å². The normalized spacial score (nSPS) is 10.0. The van der Waals surface area contributed by atoms with Gasteiger partial charge < -0.3 is 0 Å². The van der Waals surface area contributed by atoms with E-state index in [0.29, 0.717) is 6.61 Å². The van der Waals surface area contributed by atoms with Crippen molar-refractivity contribution < 1.29 is 9.53 Å². The Hall–Kier alpha value is 0.988. The maximum atomic E-state index is 10.8. The van der Waals surface area contributed by atoms with E-state index in [-0.39, 0.29) is 4.76 Å². The minimum absolute atomic E-state index is 0.110. The zero-order chi connectivity index (χ0) is 7.98. The van der Waals surface area contributed by atoms with E-state index in [1.165, 1.54) is 0 Å². The molecule has 0 aliphatic carbocycles. The van der Waals surface area contributed by atoms with Crippen LogP contribution >= 0.6 is 27.9 Å². The summed E-state index contributed by atoms with van der Waals surface area (Å²) in [7, 11) is -1.60. The molecular weight excluding hydrogens is 327 g/mol. The molecule has 0 aromatic carbocycles. The molecule has 2 nitrogen and oxygen atoms in total. The fourth-order valence-corrected chi connectivity index (χ4v) is 1.81. The van der Waals surface area contributed by atoms with Gasteiger partial charge in [0.05, 0.1) is 0 Å². The number of ether oxygens (including phenoxy) is 1. The van der Waals surface area contributed by atoms with Gasteiger partial charge in [-0.2, -0.15) is 0 Å². The van der Waals surface area contributed by atoms with Gasteiger partial charge in [-0.15, -0.1) is 0 Å². The van der Waals surface area contributed by atoms with Crippen LogP contribution in [0.4, 0.5) is 4.79 Å². The third-order valence-electron chi connectivity index (χ3n) is 0.861. The number of carbonyl (C=O) groups is 1. The third kappa shape index (κ3) is 5.75. The first-order valence-corrected chi connectivity index (χ1v) is 12.7. The molecule has 0 amide bonds. The molecule has 0 saturated heterocycles. The van der Waals surface area contributed by atoms with Crippen LogP contribution in [-0.2, 0) is 4.74 Å². The van der Waals surface area contributed by atoms with E-state index in [9.17, 15) is 4.79 Å². The Morgan fingerprint density at radius 3 is 2.60 bits per heavy atom. The molecule has 0 atom stereocenters. The van der Waals surface area contributed by atoms with Gasteiger partial charge in [0.1, 0.15) is 0 Å². The van der Waals surface area contributed by atoms with Crippen molar-refractivity contribution in [2.45, 2.75) is 19.8 Å². The molecule has 0 heterocycles. The monoisotopic (exact) mass is 334 g/mol. The quantitative estimate of drug-likeness (QED) is 0.583. The standard InChI is InChI=1S/C5H9AsBr2O2/c1-2-3-4-10-5(9)6(7)8/h2-4H2,1H3. The summed E-state index contributed by atoms with van der Waals surface area (Å²) in [6.45, 7) is 2.61. The Balaban J connectivity index is 3.22. The van der Waals surface area contributed by atoms with E-state index in [0.717, 1.165) is 12.8 Å². The Kier molecular flexibility index (Phi) is 7.34. The van der Waals surface area contributed by atoms with Gasteiger partial charge in [-0.25, -0.2) is 0 Å². The Labute approximate surface area is 79.1 Å². The van der Waals surface area contributed by atoms with Crippen molar-refractivity contribution in [2.24, 2.45) is 0 Å². The van der Waals surface area contributed by atoms with Crippen LogP contribution in [0.5, 0.6) is 0 Å². The van der Waals surface area contributed by atoms with Crippen molar-refractivity contribution in [1.82, 2.24) is 0 Å². The van der Waals surface area contributed by atoms with Crippen LogP contribution < -0.4 is 0 Å². The van der Waals surface area contributed by atoms with E-state index in [1.807, 2.05) is 0 Å². The van der Waals surface area contributed by atoms with Crippen LogP contribution in [0, 0.1) is 0 Å². The second kappa shape index (κ2) is 6.68. The molecular formula is C5H9AsBr2O2. The van der Waals surface area contributed by atoms with Gasteiger partial charge in [0, 0.05) is 0 Å². The molecule has 0 fully saturated rings. The first-order valence-electron chi connectivity index (χ1n) is 2.97. The topological polar surface area (TPSA) is 26.3 Å². The molecule has 0 bridgehead atoms. The summed E-state index contributed by atoms with van der Waals surface area (Å²) in [5, 5.41) is 0. The average molecular weight is 336 g/mol. The molecule has 0 unspecified atom stereocenters. The summed E-state index contributed by atoms with van der Waals surface area (Å²) >= 11 is 6.36. The van der Waals surface area contributed by atoms with Crippen LogP contribution in [0.25, 0.3) is 0 Å². The maximum absolute atomic E-state index is 10.8. The molecule has 0 radical (unpaired) electrons. The first kappa shape index (κ1) is 11.0. The van der Waals surface area contributed by atoms with E-state index in [4.69, 9.17) is 4.74 Å². The van der Waals surface area contributed by atoms with E-state index < -0.39 is 10.9 Å². The Bertz CT molecular complexity index is 108. The predicted octanol–water partition coefficient (Wildman–Crippen LogP) is 2.78. The second-order valence-corrected chi connectivity index (χ2v) is 15.8. The number of hydrogen-bond donors (Lipinski definition) is 0. The Morgan fingerprint density at radius 1 is 1.60 bits per heavy atom. The minimum atomic E-state index is -1.60. The zero-order valence-corrected chi connectivity index (χ0v) is 10.7. The fourth-order valence-electron chi connectivity index (χ4n) is 0.353. The fraction of sp³-hybridized carbons (Fsp3) is 0.800. The zero-order valence-electron chi connectivity index (χ0n) is 5.64. The van der Waals surface area contributed by atoms with Gasteiger partial charge in [0.25, 0.3) is 0 Å². The SMILES string of the molecule is CCCCOC(=O)[As](Br)Br. The molecule has 0 aliphatic rings. The summed E-state index contributed by atoms with van der Waals surface area (Å²) in [5.74, 6) is 0. The molecule has 0 spiro atoms. The van der Waals surface area contributed by atoms with Gasteiger partial charge in [-0.05, 0) is 0 Å². The van der Waals surface area contributed by atoms with Crippen LogP contribution in [0.2, 0.25) is 0 Å². The van der Waals surface area contributed by atoms with Gasteiger partial charge in [-0.1, -0.05) is 0 Å². The molecule has 60 valence electrons. The van der Waals surface area contributed by atoms with Gasteiger partial charge in [0.15, 0.2) is 0 Å². The van der Waals surface area contributed by atoms with Crippen molar-refractivity contribution >= 4 is 43.5 Å². The van der Waals surface area contributed by atoms with Gasteiger partial charge in [0.2, 0.25) is 0 Å². The summed E-state index contributed by atoms with van der Waals surface area (Å²) in [6.07, 6.45) is 2.01. The predicted molar refractivity (Wildman–Crippen MR) is 49.9 cm³/mol. The molecule has 5 heteroatoms. The summed E-state index contributed by atoms with van der Waals surface area (Å²) in [6, 6.07) is 0. The van der Waals surface area contributed by atoms with Crippen molar-refractivity contribution in [2.75, 3.05) is 6.61 Å². The molecule has 0 rings (SSSR count). The average Bonchev–Trinajstić information content (AvgIpc) is 1.88. The molecule has 0 aromatic heterocycles. The van der Waals surface area contributed by atoms with Crippen molar-refractivity contribution in [1.29, 1.82) is 0 Å². The second-order valence-electron chi connectivity index (χ2n) is 1.70. The van der Waals surface area contributed by atoms with E-state index in [2.05, 4.69) is 34.8 Å². The third-order valence-corrected chi connectivity index (χ3v) is 4.72. The Morgan fingerprint density at radius 2 is 2.20 bits per heavy atom. The number of carbonyl (C=O) groups excluding carboxylic acids is 1. The summed E-state index contributed by atoms with van der Waals surface area (Å²) in [4.78, 5) is 10.8. The van der Waals surface area contributed by atoms with Crippen LogP contribution in [0.1, 0.15) is 19.8 Å². The molecule has 10 heavy (non-hydrogen) atoms. The van der Waals surface area contributed by atoms with E-state index >= 15 is 0 Å². The molecule has 0 aliphatic heterocycles. The summed E-state index contributed by atoms with van der Waals surface area (Å²) < 4.78 is 4.77. The number of hydrogen-bond acceptors (Lipinski definition) is 2. The molecule has 0 N–H and O–H groups in total. The molecule has 0 aromatic rings. The first-order chi connectivity index (χ1) is 4.68. The van der Waals surface area contributed by atoms with Crippen LogP contribution in [0.15, 0.2) is 0 Å². The van der Waals surface area contributed by atoms with E-state index in [1.54, 1.807) is 0 Å². The van der Waals surface area contributed by atoms with Crippen LogP contribution in [-0.4, -0.2) is 22.3 Å². The van der Waals surface area contributed by atoms with Crippen molar-refractivity contribution in [3.8, 4) is 0 Å². The number of unbranched alkanes of at least 4 members (excludes halogenated alkanes) is 1. The van der Waals surface area contributed by atoms with Crippen molar-refractivity contribution in [3.05, 3.63) is 0 Å². The molecule has 0 saturated carbocycles. The van der Waals surface area contributed by atoms with Crippen LogP contribution in [0.3, 0.4) is 0 Å².